The predicted octanol–water partition coefficient (Wildman–Crippen LogP) is 4.14. The van der Waals surface area contributed by atoms with Crippen molar-refractivity contribution in [3.05, 3.63) is 90.0 Å². The number of para-hydroxylation sites is 1. The molecule has 0 aliphatic carbocycles. The number of aliphatic hydroxyl groups excluding tert-OH is 1. The third-order valence-corrected chi connectivity index (χ3v) is 9.09. The van der Waals surface area contributed by atoms with Gasteiger partial charge in [0.05, 0.1) is 28.6 Å². The lowest BCUT2D eigenvalue weighted by atomic mass is 9.70. The first-order valence-corrected chi connectivity index (χ1v) is 14.9. The summed E-state index contributed by atoms with van der Waals surface area (Å²) in [5.41, 5.74) is 1.18. The van der Waals surface area contributed by atoms with Gasteiger partial charge in [0.25, 0.3) is 5.91 Å². The second kappa shape index (κ2) is 12.4. The molecule has 2 bridgehead atoms. The Bertz CT molecular complexity index is 1350. The Kier molecular flexibility index (Phi) is 8.87. The van der Waals surface area contributed by atoms with E-state index in [9.17, 15) is 19.5 Å². The van der Waals surface area contributed by atoms with Crippen LogP contribution in [0.5, 0.6) is 0 Å². The molecule has 3 saturated heterocycles. The van der Waals surface area contributed by atoms with Crippen LogP contribution in [0.1, 0.15) is 30.4 Å². The molecular weight excluding hydrogens is 554 g/mol. The van der Waals surface area contributed by atoms with Gasteiger partial charge in [0, 0.05) is 32.8 Å². The minimum absolute atomic E-state index is 0.140. The number of benzene rings is 2. The first-order chi connectivity index (χ1) is 20.3. The second-order valence-corrected chi connectivity index (χ2v) is 11.7. The number of carbonyl (C=O) groups is 3. The normalized spacial score (nSPS) is 25.8. The highest BCUT2D eigenvalue weighted by Crippen LogP contribution is 2.59. The number of likely N-dealkylation sites (tertiary alicyclic amines) is 1. The maximum atomic E-state index is 14.6. The summed E-state index contributed by atoms with van der Waals surface area (Å²) in [6.07, 6.45) is 4.18. The summed E-state index contributed by atoms with van der Waals surface area (Å²) in [6.45, 7) is 10.5. The zero-order chi connectivity index (χ0) is 30.0. The van der Waals surface area contributed by atoms with Crippen molar-refractivity contribution in [2.45, 2.75) is 50.5 Å². The standard InChI is InChI=1S/C33H38ClN3O5/c1-4-17-35(21-23-12-7-6-8-13-23)30(39)26-25-15-16-33(42-25)27(26)31(40)37(19-10-20-38)29(33)32(41)36(18-5-2)28-22(3)11-9-14-24(28)34/h4-9,11-14,25-27,29,38H,1-2,10,15-21H2,3H3/t25-,26+,27+,29?,33?/m1/s1. The number of carbonyl (C=O) groups excluding carboxylic acids is 3. The van der Waals surface area contributed by atoms with Crippen LogP contribution >= 0.6 is 11.6 Å². The maximum absolute atomic E-state index is 14.6. The molecule has 3 fully saturated rings. The van der Waals surface area contributed by atoms with E-state index < -0.39 is 29.6 Å². The van der Waals surface area contributed by atoms with Gasteiger partial charge in [0.15, 0.2) is 0 Å². The van der Waals surface area contributed by atoms with Gasteiger partial charge in [-0.25, -0.2) is 0 Å². The van der Waals surface area contributed by atoms with Crippen molar-refractivity contribution in [1.29, 1.82) is 0 Å². The topological polar surface area (TPSA) is 90.4 Å². The Morgan fingerprint density at radius 1 is 1.12 bits per heavy atom. The highest BCUT2D eigenvalue weighted by atomic mass is 35.5. The zero-order valence-corrected chi connectivity index (χ0v) is 24.7. The van der Waals surface area contributed by atoms with E-state index in [4.69, 9.17) is 16.3 Å². The van der Waals surface area contributed by atoms with Gasteiger partial charge in [-0.05, 0) is 43.4 Å². The van der Waals surface area contributed by atoms with Crippen LogP contribution in [0.3, 0.4) is 0 Å². The number of fused-ring (bicyclic) bond motifs is 1. The Balaban J connectivity index is 1.54. The number of nitrogens with zero attached hydrogens (tertiary/aromatic N) is 3. The van der Waals surface area contributed by atoms with Crippen molar-refractivity contribution in [3.63, 3.8) is 0 Å². The van der Waals surface area contributed by atoms with E-state index >= 15 is 0 Å². The largest absolute Gasteiger partial charge is 0.396 e. The molecule has 8 nitrogen and oxygen atoms in total. The van der Waals surface area contributed by atoms with Crippen molar-refractivity contribution < 1.29 is 24.2 Å². The highest BCUT2D eigenvalue weighted by Gasteiger charge is 2.74. The van der Waals surface area contributed by atoms with E-state index in [0.717, 1.165) is 11.1 Å². The minimum Gasteiger partial charge on any atom is -0.396 e. The molecule has 2 aromatic carbocycles. The van der Waals surface area contributed by atoms with E-state index in [2.05, 4.69) is 13.2 Å². The monoisotopic (exact) mass is 591 g/mol. The molecule has 2 unspecified atom stereocenters. The summed E-state index contributed by atoms with van der Waals surface area (Å²) in [7, 11) is 0. The fraction of sp³-hybridized carbons (Fsp3) is 0.424. The molecule has 0 aromatic heterocycles. The lowest BCUT2D eigenvalue weighted by molar-refractivity contribution is -0.145. The van der Waals surface area contributed by atoms with Gasteiger partial charge < -0.3 is 24.5 Å². The van der Waals surface area contributed by atoms with Gasteiger partial charge >= 0.3 is 0 Å². The maximum Gasteiger partial charge on any atom is 0.253 e. The number of ether oxygens (including phenoxy) is 1. The molecular formula is C33H38ClN3O5. The van der Waals surface area contributed by atoms with Crippen molar-refractivity contribution in [2.75, 3.05) is 31.1 Å². The summed E-state index contributed by atoms with van der Waals surface area (Å²) in [5, 5.41) is 10.1. The van der Waals surface area contributed by atoms with Gasteiger partial charge in [-0.2, -0.15) is 0 Å². The van der Waals surface area contributed by atoms with Crippen molar-refractivity contribution in [3.8, 4) is 0 Å². The van der Waals surface area contributed by atoms with Crippen LogP contribution < -0.4 is 4.90 Å². The lowest BCUT2D eigenvalue weighted by Crippen LogP contribution is -2.57. The van der Waals surface area contributed by atoms with Crippen LogP contribution in [0.15, 0.2) is 73.8 Å². The van der Waals surface area contributed by atoms with Crippen LogP contribution in [0.2, 0.25) is 5.02 Å². The van der Waals surface area contributed by atoms with Gasteiger partial charge in [-0.1, -0.05) is 66.2 Å². The molecule has 3 heterocycles. The summed E-state index contributed by atoms with van der Waals surface area (Å²) in [6, 6.07) is 14.1. The number of hydrogen-bond acceptors (Lipinski definition) is 5. The quantitative estimate of drug-likeness (QED) is 0.375. The average molecular weight is 592 g/mol. The number of anilines is 1. The fourth-order valence-electron chi connectivity index (χ4n) is 7.13. The molecule has 222 valence electrons. The minimum atomic E-state index is -1.16. The van der Waals surface area contributed by atoms with Crippen molar-refractivity contribution in [2.24, 2.45) is 11.8 Å². The Morgan fingerprint density at radius 2 is 1.86 bits per heavy atom. The average Bonchev–Trinajstić information content (AvgIpc) is 3.62. The number of hydrogen-bond donors (Lipinski definition) is 1. The predicted molar refractivity (Wildman–Crippen MR) is 162 cm³/mol. The van der Waals surface area contributed by atoms with Gasteiger partial charge in [0.2, 0.25) is 11.8 Å². The highest BCUT2D eigenvalue weighted by molar-refractivity contribution is 6.34. The molecule has 3 aliphatic rings. The van der Waals surface area contributed by atoms with Crippen LogP contribution in [0.25, 0.3) is 0 Å². The number of rotatable bonds is 12. The Labute approximate surface area is 252 Å². The van der Waals surface area contributed by atoms with E-state index in [1.165, 1.54) is 4.90 Å². The van der Waals surface area contributed by atoms with Gasteiger partial charge in [0.1, 0.15) is 11.6 Å². The number of halogens is 1. The summed E-state index contributed by atoms with van der Waals surface area (Å²) in [4.78, 5) is 47.9. The van der Waals surface area contributed by atoms with Crippen molar-refractivity contribution >= 4 is 35.0 Å². The summed E-state index contributed by atoms with van der Waals surface area (Å²) in [5.74, 6) is -2.32. The molecule has 3 amide bonds. The molecule has 1 N–H and O–H groups in total. The molecule has 2 aromatic rings. The molecule has 9 heteroatoms. The molecule has 3 aliphatic heterocycles. The van der Waals surface area contributed by atoms with E-state index in [1.807, 2.05) is 49.4 Å². The van der Waals surface area contributed by atoms with Crippen LogP contribution in [-0.4, -0.2) is 76.6 Å². The third-order valence-electron chi connectivity index (χ3n) is 8.79. The van der Waals surface area contributed by atoms with Crippen LogP contribution in [-0.2, 0) is 25.7 Å². The summed E-state index contributed by atoms with van der Waals surface area (Å²) >= 11 is 6.61. The van der Waals surface area contributed by atoms with Crippen LogP contribution in [0.4, 0.5) is 5.69 Å². The van der Waals surface area contributed by atoms with Crippen molar-refractivity contribution in [1.82, 2.24) is 9.80 Å². The van der Waals surface area contributed by atoms with Gasteiger partial charge in [-0.3, -0.25) is 14.4 Å². The third kappa shape index (κ3) is 5.06. The second-order valence-electron chi connectivity index (χ2n) is 11.3. The fourth-order valence-corrected chi connectivity index (χ4v) is 7.46. The lowest BCUT2D eigenvalue weighted by Gasteiger charge is -2.37. The van der Waals surface area contributed by atoms with Gasteiger partial charge in [-0.15, -0.1) is 13.2 Å². The first-order valence-electron chi connectivity index (χ1n) is 14.5. The number of aliphatic hydroxyl groups is 1. The van der Waals surface area contributed by atoms with E-state index in [0.29, 0.717) is 43.1 Å². The molecule has 1 spiro atoms. The summed E-state index contributed by atoms with van der Waals surface area (Å²) < 4.78 is 6.63. The number of amides is 3. The molecule has 0 radical (unpaired) electrons. The molecule has 42 heavy (non-hydrogen) atoms. The SMILES string of the molecule is C=CCN(Cc1ccccc1)C(=O)[C@@H]1[C@H]2C(=O)N(CCCO)C(C(=O)N(CC=C)c3c(C)cccc3Cl)C23CC[C@H]1O3. The van der Waals surface area contributed by atoms with E-state index in [1.54, 1.807) is 28.0 Å². The molecule has 5 rings (SSSR count). The van der Waals surface area contributed by atoms with E-state index in [-0.39, 0.29) is 37.4 Å². The van der Waals surface area contributed by atoms with Crippen LogP contribution in [0, 0.1) is 18.8 Å². The zero-order valence-electron chi connectivity index (χ0n) is 24.0. The first kappa shape index (κ1) is 30.0. The number of aryl methyl sites for hydroxylation is 1. The smallest absolute Gasteiger partial charge is 0.253 e. The Hall–Kier alpha value is -3.46. The molecule has 5 atom stereocenters. The molecule has 0 saturated carbocycles. The Morgan fingerprint density at radius 3 is 2.52 bits per heavy atom.